The molecule has 0 radical (unpaired) electrons. The summed E-state index contributed by atoms with van der Waals surface area (Å²) in [7, 11) is 1.59. The van der Waals surface area contributed by atoms with Crippen LogP contribution in [-0.4, -0.2) is 33.5 Å². The Balaban J connectivity index is 1.68. The van der Waals surface area contributed by atoms with Crippen LogP contribution in [0.5, 0.6) is 11.5 Å². The minimum absolute atomic E-state index is 0.00754. The molecule has 0 aliphatic rings. The lowest BCUT2D eigenvalue weighted by Crippen LogP contribution is -2.17. The second-order valence-corrected chi connectivity index (χ2v) is 8.14. The zero-order valence-electron chi connectivity index (χ0n) is 18.1. The van der Waals surface area contributed by atoms with Crippen molar-refractivity contribution in [1.29, 1.82) is 0 Å². The molecule has 0 saturated heterocycles. The lowest BCUT2D eigenvalue weighted by molar-refractivity contribution is -0.113. The van der Waals surface area contributed by atoms with Crippen LogP contribution in [0.1, 0.15) is 38.7 Å². The fraction of sp³-hybridized carbons (Fsp3) is 0.318. The molecule has 0 fully saturated rings. The van der Waals surface area contributed by atoms with E-state index in [1.165, 1.54) is 0 Å². The van der Waals surface area contributed by atoms with Crippen molar-refractivity contribution >= 4 is 23.4 Å². The SMILES string of the molecule is COc1ccc(OC(C)c2nnc(SCC(=O)Nc3cc(F)ccc3F)n2C(C)C)cc1. The maximum atomic E-state index is 13.7. The molecule has 32 heavy (non-hydrogen) atoms. The van der Waals surface area contributed by atoms with Gasteiger partial charge in [-0.1, -0.05) is 11.8 Å². The molecule has 2 aromatic carbocycles. The highest BCUT2D eigenvalue weighted by Crippen LogP contribution is 2.28. The van der Waals surface area contributed by atoms with Crippen LogP contribution in [0.25, 0.3) is 0 Å². The molecular formula is C22H24F2N4O3S. The van der Waals surface area contributed by atoms with E-state index in [1.807, 2.05) is 25.3 Å². The van der Waals surface area contributed by atoms with Gasteiger partial charge in [0.1, 0.15) is 23.1 Å². The molecule has 1 heterocycles. The largest absolute Gasteiger partial charge is 0.497 e. The Morgan fingerprint density at radius 2 is 1.78 bits per heavy atom. The van der Waals surface area contributed by atoms with Crippen LogP contribution in [0.3, 0.4) is 0 Å². The van der Waals surface area contributed by atoms with Crippen LogP contribution < -0.4 is 14.8 Å². The zero-order chi connectivity index (χ0) is 23.3. The Morgan fingerprint density at radius 1 is 1.09 bits per heavy atom. The molecule has 1 unspecified atom stereocenters. The molecule has 0 spiro atoms. The molecule has 10 heteroatoms. The molecule has 1 N–H and O–H groups in total. The lowest BCUT2D eigenvalue weighted by Gasteiger charge is -2.19. The van der Waals surface area contributed by atoms with Crippen molar-refractivity contribution in [3.05, 3.63) is 59.9 Å². The second-order valence-electron chi connectivity index (χ2n) is 7.20. The van der Waals surface area contributed by atoms with Gasteiger partial charge in [0, 0.05) is 12.1 Å². The normalized spacial score (nSPS) is 12.0. The quantitative estimate of drug-likeness (QED) is 0.450. The number of aromatic nitrogens is 3. The minimum atomic E-state index is -0.707. The van der Waals surface area contributed by atoms with E-state index in [1.54, 1.807) is 31.4 Å². The van der Waals surface area contributed by atoms with Gasteiger partial charge < -0.3 is 19.4 Å². The van der Waals surface area contributed by atoms with Crippen molar-refractivity contribution in [2.75, 3.05) is 18.2 Å². The number of benzene rings is 2. The number of anilines is 1. The fourth-order valence-electron chi connectivity index (χ4n) is 2.97. The first kappa shape index (κ1) is 23.5. The van der Waals surface area contributed by atoms with E-state index in [0.29, 0.717) is 16.7 Å². The van der Waals surface area contributed by atoms with Gasteiger partial charge in [-0.2, -0.15) is 0 Å². The number of hydrogen-bond acceptors (Lipinski definition) is 6. The summed E-state index contributed by atoms with van der Waals surface area (Å²) in [5, 5.41) is 11.4. The predicted molar refractivity (Wildman–Crippen MR) is 118 cm³/mol. The van der Waals surface area contributed by atoms with E-state index < -0.39 is 23.6 Å². The first-order valence-electron chi connectivity index (χ1n) is 9.91. The highest BCUT2D eigenvalue weighted by molar-refractivity contribution is 7.99. The number of carbonyl (C=O) groups is 1. The summed E-state index contributed by atoms with van der Waals surface area (Å²) in [5.41, 5.74) is -0.205. The van der Waals surface area contributed by atoms with Gasteiger partial charge >= 0.3 is 0 Å². The molecule has 1 atom stereocenters. The van der Waals surface area contributed by atoms with E-state index in [4.69, 9.17) is 9.47 Å². The molecule has 1 amide bonds. The van der Waals surface area contributed by atoms with Gasteiger partial charge in [-0.15, -0.1) is 10.2 Å². The molecule has 1 aromatic heterocycles. The number of thioether (sulfide) groups is 1. The van der Waals surface area contributed by atoms with Gasteiger partial charge in [0.05, 0.1) is 18.6 Å². The highest BCUT2D eigenvalue weighted by Gasteiger charge is 2.22. The third kappa shape index (κ3) is 5.76. The molecule has 3 rings (SSSR count). The molecule has 170 valence electrons. The monoisotopic (exact) mass is 462 g/mol. The number of hydrogen-bond donors (Lipinski definition) is 1. The smallest absolute Gasteiger partial charge is 0.234 e. The van der Waals surface area contributed by atoms with E-state index in [-0.39, 0.29) is 17.5 Å². The van der Waals surface area contributed by atoms with Crippen molar-refractivity contribution in [2.24, 2.45) is 0 Å². The standard InChI is InChI=1S/C22H24F2N4O3S/c1-13(2)28-21(14(3)31-17-8-6-16(30-4)7-9-17)26-27-22(28)32-12-20(29)25-19-11-15(23)5-10-18(19)24/h5-11,13-14H,12H2,1-4H3,(H,25,29). The van der Waals surface area contributed by atoms with Crippen LogP contribution in [0, 0.1) is 11.6 Å². The third-order valence-electron chi connectivity index (χ3n) is 4.48. The molecule has 0 bridgehead atoms. The number of methoxy groups -OCH3 is 1. The maximum Gasteiger partial charge on any atom is 0.234 e. The number of ether oxygens (including phenoxy) is 2. The molecule has 3 aromatic rings. The van der Waals surface area contributed by atoms with Gasteiger partial charge in [-0.25, -0.2) is 8.78 Å². The van der Waals surface area contributed by atoms with E-state index in [2.05, 4.69) is 15.5 Å². The van der Waals surface area contributed by atoms with Crippen molar-refractivity contribution in [3.8, 4) is 11.5 Å². The summed E-state index contributed by atoms with van der Waals surface area (Å²) in [4.78, 5) is 12.3. The third-order valence-corrected chi connectivity index (χ3v) is 5.42. The van der Waals surface area contributed by atoms with Gasteiger partial charge in [-0.05, 0) is 57.2 Å². The van der Waals surface area contributed by atoms with Crippen LogP contribution in [0.4, 0.5) is 14.5 Å². The number of halogens is 2. The van der Waals surface area contributed by atoms with Crippen LogP contribution in [-0.2, 0) is 4.79 Å². The summed E-state index contributed by atoms with van der Waals surface area (Å²) >= 11 is 1.15. The zero-order valence-corrected chi connectivity index (χ0v) is 19.0. The summed E-state index contributed by atoms with van der Waals surface area (Å²) in [6.45, 7) is 5.80. The first-order valence-corrected chi connectivity index (χ1v) is 10.9. The number of nitrogens with zero attached hydrogens (tertiary/aromatic N) is 3. The number of rotatable bonds is 9. The van der Waals surface area contributed by atoms with Gasteiger partial charge in [0.15, 0.2) is 17.1 Å². The van der Waals surface area contributed by atoms with Crippen LogP contribution >= 0.6 is 11.8 Å². The van der Waals surface area contributed by atoms with Crippen molar-refractivity contribution < 1.29 is 23.0 Å². The molecule has 0 aliphatic carbocycles. The second kappa shape index (κ2) is 10.4. The van der Waals surface area contributed by atoms with Gasteiger partial charge in [0.25, 0.3) is 0 Å². The molecule has 7 nitrogen and oxygen atoms in total. The highest BCUT2D eigenvalue weighted by atomic mass is 32.2. The average molecular weight is 463 g/mol. The van der Waals surface area contributed by atoms with Crippen molar-refractivity contribution in [1.82, 2.24) is 14.8 Å². The Bertz CT molecular complexity index is 1070. The van der Waals surface area contributed by atoms with Crippen LogP contribution in [0.2, 0.25) is 0 Å². The number of carbonyl (C=O) groups excluding carboxylic acids is 1. The Kier molecular flexibility index (Phi) is 7.68. The maximum absolute atomic E-state index is 13.7. The molecule has 0 aliphatic heterocycles. The van der Waals surface area contributed by atoms with Crippen molar-refractivity contribution in [3.63, 3.8) is 0 Å². The Hall–Kier alpha value is -3.14. The van der Waals surface area contributed by atoms with Gasteiger partial charge in [0.2, 0.25) is 5.91 Å². The molecule has 0 saturated carbocycles. The topological polar surface area (TPSA) is 78.3 Å². The van der Waals surface area contributed by atoms with E-state index in [9.17, 15) is 13.6 Å². The van der Waals surface area contributed by atoms with E-state index >= 15 is 0 Å². The Labute approximate surface area is 189 Å². The molecular weight excluding hydrogens is 438 g/mol. The summed E-state index contributed by atoms with van der Waals surface area (Å²) in [6.07, 6.45) is -0.400. The average Bonchev–Trinajstić information content (AvgIpc) is 3.20. The van der Waals surface area contributed by atoms with Crippen molar-refractivity contribution in [2.45, 2.75) is 38.1 Å². The van der Waals surface area contributed by atoms with Gasteiger partial charge in [-0.3, -0.25) is 4.79 Å². The summed E-state index contributed by atoms with van der Waals surface area (Å²) < 4.78 is 40.1. The van der Waals surface area contributed by atoms with E-state index in [0.717, 1.165) is 35.7 Å². The minimum Gasteiger partial charge on any atom is -0.497 e. The van der Waals surface area contributed by atoms with Crippen LogP contribution in [0.15, 0.2) is 47.6 Å². The fourth-order valence-corrected chi connectivity index (χ4v) is 3.84. The summed E-state index contributed by atoms with van der Waals surface area (Å²) in [6, 6.07) is 10.1. The Morgan fingerprint density at radius 3 is 2.44 bits per heavy atom. The summed E-state index contributed by atoms with van der Waals surface area (Å²) in [5.74, 6) is 0.116. The number of nitrogens with one attached hydrogen (secondary N) is 1. The lowest BCUT2D eigenvalue weighted by atomic mass is 10.3. The number of amides is 1. The predicted octanol–water partition coefficient (Wildman–Crippen LogP) is 5.02. The first-order chi connectivity index (χ1) is 15.3.